The van der Waals surface area contributed by atoms with Crippen molar-refractivity contribution in [1.29, 1.82) is 0 Å². The molecule has 8 nitrogen and oxygen atoms in total. The van der Waals surface area contributed by atoms with E-state index in [1.807, 2.05) is 51.2 Å². The number of benzene rings is 1. The third-order valence-electron chi connectivity index (χ3n) is 4.99. The van der Waals surface area contributed by atoms with E-state index < -0.39 is 23.6 Å². The summed E-state index contributed by atoms with van der Waals surface area (Å²) < 4.78 is 10.3. The van der Waals surface area contributed by atoms with Gasteiger partial charge in [0.15, 0.2) is 5.17 Å². The molecule has 9 heteroatoms. The molecule has 0 spiro atoms. The molecule has 0 heterocycles. The van der Waals surface area contributed by atoms with Crippen molar-refractivity contribution in [3.63, 3.8) is 0 Å². The summed E-state index contributed by atoms with van der Waals surface area (Å²) in [4.78, 5) is 29.2. The number of thioether (sulfide) groups is 1. The number of rotatable bonds is 9. The summed E-state index contributed by atoms with van der Waals surface area (Å²) in [6, 6.07) is 6.93. The molecule has 1 atom stereocenters. The lowest BCUT2D eigenvalue weighted by Gasteiger charge is -2.23. The first-order valence-corrected chi connectivity index (χ1v) is 13.7. The molecule has 0 bridgehead atoms. The summed E-state index contributed by atoms with van der Waals surface area (Å²) in [5.74, 6) is -0.466. The number of methoxy groups -OCH3 is 1. The van der Waals surface area contributed by atoms with Crippen molar-refractivity contribution >= 4 is 40.2 Å². The van der Waals surface area contributed by atoms with Crippen molar-refractivity contribution in [3.05, 3.63) is 59.8 Å². The zero-order valence-electron chi connectivity index (χ0n) is 24.7. The monoisotopic (exact) mass is 546 g/mol. The second-order valence-electron chi connectivity index (χ2n) is 9.31. The van der Waals surface area contributed by atoms with Gasteiger partial charge in [0.05, 0.1) is 12.3 Å². The Balaban J connectivity index is 0.00000171. The zero-order valence-corrected chi connectivity index (χ0v) is 25.5. The van der Waals surface area contributed by atoms with Gasteiger partial charge in [0.25, 0.3) is 5.91 Å². The largest absolute Gasteiger partial charge is 0.444 e. The van der Waals surface area contributed by atoms with Crippen LogP contribution in [-0.4, -0.2) is 55.8 Å². The van der Waals surface area contributed by atoms with Gasteiger partial charge in [-0.3, -0.25) is 4.79 Å². The van der Waals surface area contributed by atoms with Gasteiger partial charge in [-0.15, -0.1) is 0 Å². The normalized spacial score (nSPS) is 13.1. The van der Waals surface area contributed by atoms with E-state index in [2.05, 4.69) is 47.4 Å². The third-order valence-corrected chi connectivity index (χ3v) is 5.57. The molecule has 3 N–H and O–H groups in total. The van der Waals surface area contributed by atoms with Gasteiger partial charge in [0.2, 0.25) is 0 Å². The second-order valence-corrected chi connectivity index (χ2v) is 10.1. The van der Waals surface area contributed by atoms with Crippen LogP contribution < -0.4 is 16.0 Å². The van der Waals surface area contributed by atoms with Crippen LogP contribution in [-0.2, 0) is 14.3 Å². The number of aliphatic imine (C=N–C) groups is 1. The van der Waals surface area contributed by atoms with E-state index in [0.29, 0.717) is 10.9 Å². The van der Waals surface area contributed by atoms with Gasteiger partial charge < -0.3 is 25.4 Å². The van der Waals surface area contributed by atoms with Gasteiger partial charge in [-0.05, 0) is 71.4 Å². The minimum absolute atomic E-state index is 0.0155. The Morgan fingerprint density at radius 1 is 1.21 bits per heavy atom. The van der Waals surface area contributed by atoms with E-state index in [4.69, 9.17) is 9.47 Å². The molecule has 1 aromatic rings. The molecule has 1 unspecified atom stereocenters. The van der Waals surface area contributed by atoms with Crippen molar-refractivity contribution in [2.75, 3.05) is 27.0 Å². The van der Waals surface area contributed by atoms with Crippen LogP contribution >= 0.6 is 11.8 Å². The van der Waals surface area contributed by atoms with Crippen LogP contribution in [0.5, 0.6) is 0 Å². The standard InChI is InChI=1S/C23H33N3O4S.C6H13N/c1-9-15(2)17-11-10-12-18(13-17)16(3)24-21(31-8)26-20(27)19(14-29-7)25-22(28)30-23(4,5)6;1-4-5-6(2)7-3/h9-13,19H,3,14H2,1-2,4-8H3,(H,25,28)(H,24,26,27);5,7H,4H2,1-3H3/b15-9+;6-5+. The van der Waals surface area contributed by atoms with E-state index in [0.717, 1.165) is 23.1 Å². The van der Waals surface area contributed by atoms with Crippen LogP contribution in [0.4, 0.5) is 4.79 Å². The summed E-state index contributed by atoms with van der Waals surface area (Å²) in [6.45, 7) is 17.5. The van der Waals surface area contributed by atoms with Crippen LogP contribution in [0.2, 0.25) is 0 Å². The molecule has 0 aliphatic carbocycles. The van der Waals surface area contributed by atoms with Crippen molar-refractivity contribution in [2.24, 2.45) is 4.99 Å². The van der Waals surface area contributed by atoms with Crippen molar-refractivity contribution in [1.82, 2.24) is 16.0 Å². The highest BCUT2D eigenvalue weighted by Gasteiger charge is 2.25. The summed E-state index contributed by atoms with van der Waals surface area (Å²) in [7, 11) is 3.38. The number of allylic oxidation sites excluding steroid dienone is 4. The van der Waals surface area contributed by atoms with Gasteiger partial charge >= 0.3 is 6.09 Å². The molecule has 0 saturated heterocycles. The van der Waals surface area contributed by atoms with Gasteiger partial charge in [-0.25, -0.2) is 9.79 Å². The Morgan fingerprint density at radius 2 is 1.84 bits per heavy atom. The van der Waals surface area contributed by atoms with E-state index in [9.17, 15) is 9.59 Å². The van der Waals surface area contributed by atoms with E-state index in [1.165, 1.54) is 24.6 Å². The number of nitrogens with one attached hydrogen (secondary N) is 3. The van der Waals surface area contributed by atoms with Gasteiger partial charge in [-0.2, -0.15) is 0 Å². The number of amides is 2. The lowest BCUT2D eigenvalue weighted by molar-refractivity contribution is -0.122. The molecule has 0 aliphatic rings. The van der Waals surface area contributed by atoms with Crippen molar-refractivity contribution in [3.8, 4) is 0 Å². The Labute approximate surface area is 233 Å². The van der Waals surface area contributed by atoms with Gasteiger partial charge in [0.1, 0.15) is 11.6 Å². The minimum Gasteiger partial charge on any atom is -0.444 e. The number of carbonyl (C=O) groups excluding carboxylic acids is 2. The van der Waals surface area contributed by atoms with Crippen LogP contribution in [0.3, 0.4) is 0 Å². The molecule has 0 saturated carbocycles. The number of hydrogen-bond acceptors (Lipinski definition) is 7. The van der Waals surface area contributed by atoms with Crippen LogP contribution in [0.1, 0.15) is 66.0 Å². The summed E-state index contributed by atoms with van der Waals surface area (Å²) >= 11 is 1.26. The molecule has 38 heavy (non-hydrogen) atoms. The zero-order chi connectivity index (χ0) is 29.3. The number of hydrogen-bond donors (Lipinski definition) is 3. The Morgan fingerprint density at radius 3 is 2.32 bits per heavy atom. The fraction of sp³-hybridized carbons (Fsp3) is 0.483. The SMILES string of the molecule is C=C(N=C(NC(=O)C(COC)NC(=O)OC(C)(C)C)SC)c1cccc(/C(C)=C/C)c1.CC/C=C(\C)NC. The number of carbonyl (C=O) groups is 2. The average Bonchev–Trinajstić information content (AvgIpc) is 2.86. The number of nitrogens with zero attached hydrogens (tertiary/aromatic N) is 1. The molecular formula is C29H46N4O4S. The third kappa shape index (κ3) is 14.6. The van der Waals surface area contributed by atoms with E-state index >= 15 is 0 Å². The quantitative estimate of drug-likeness (QED) is 0.260. The maximum atomic E-state index is 12.7. The molecule has 0 aliphatic heterocycles. The predicted molar refractivity (Wildman–Crippen MR) is 162 cm³/mol. The van der Waals surface area contributed by atoms with Crippen LogP contribution in [0.25, 0.3) is 11.3 Å². The molecular weight excluding hydrogens is 500 g/mol. The summed E-state index contributed by atoms with van der Waals surface area (Å²) in [5, 5.41) is 8.63. The summed E-state index contributed by atoms with van der Waals surface area (Å²) in [5.41, 5.74) is 4.16. The van der Waals surface area contributed by atoms with E-state index in [1.54, 1.807) is 27.0 Å². The van der Waals surface area contributed by atoms with Crippen LogP contribution in [0.15, 0.2) is 53.7 Å². The predicted octanol–water partition coefficient (Wildman–Crippen LogP) is 5.98. The van der Waals surface area contributed by atoms with Crippen LogP contribution in [0, 0.1) is 0 Å². The molecule has 2 amide bonds. The first-order valence-electron chi connectivity index (χ1n) is 12.5. The molecule has 1 aromatic carbocycles. The molecule has 1 rings (SSSR count). The topological polar surface area (TPSA) is 101 Å². The van der Waals surface area contributed by atoms with Gasteiger partial charge in [0, 0.05) is 25.4 Å². The first kappa shape index (κ1) is 35.0. The maximum Gasteiger partial charge on any atom is 0.408 e. The number of ether oxygens (including phenoxy) is 2. The maximum absolute atomic E-state index is 12.7. The lowest BCUT2D eigenvalue weighted by atomic mass is 10.0. The molecule has 0 fully saturated rings. The number of amidine groups is 1. The highest BCUT2D eigenvalue weighted by Crippen LogP contribution is 2.21. The molecule has 0 radical (unpaired) electrons. The smallest absolute Gasteiger partial charge is 0.408 e. The Hall–Kier alpha value is -3.04. The highest BCUT2D eigenvalue weighted by molar-refractivity contribution is 8.13. The average molecular weight is 547 g/mol. The van der Waals surface area contributed by atoms with Gasteiger partial charge in [-0.1, -0.05) is 55.6 Å². The Kier molecular flexibility index (Phi) is 16.8. The fourth-order valence-corrected chi connectivity index (χ4v) is 3.23. The minimum atomic E-state index is -0.939. The fourth-order valence-electron chi connectivity index (χ4n) is 2.82. The van der Waals surface area contributed by atoms with Crippen molar-refractivity contribution in [2.45, 2.75) is 66.5 Å². The molecule has 212 valence electrons. The lowest BCUT2D eigenvalue weighted by Crippen LogP contribution is -2.51. The Bertz CT molecular complexity index is 1010. The first-order chi connectivity index (χ1) is 17.8. The highest BCUT2D eigenvalue weighted by atomic mass is 32.2. The second kappa shape index (κ2) is 18.3. The molecule has 0 aromatic heterocycles. The van der Waals surface area contributed by atoms with E-state index in [-0.39, 0.29) is 6.61 Å². The summed E-state index contributed by atoms with van der Waals surface area (Å²) in [6.07, 6.45) is 6.39. The van der Waals surface area contributed by atoms with Crippen molar-refractivity contribution < 1.29 is 19.1 Å². The number of alkyl carbamates (subject to hydrolysis) is 1.